The number of methoxy groups -OCH3 is 1. The van der Waals surface area contributed by atoms with Crippen molar-refractivity contribution in [2.75, 3.05) is 33.3 Å². The van der Waals surface area contributed by atoms with E-state index in [1.807, 2.05) is 0 Å². The minimum atomic E-state index is -0.559. The van der Waals surface area contributed by atoms with Gasteiger partial charge >= 0.3 is 0 Å². The molecule has 8 nitrogen and oxygen atoms in total. The van der Waals surface area contributed by atoms with E-state index in [1.54, 1.807) is 47.2 Å². The second-order valence-corrected chi connectivity index (χ2v) is 6.09. The molecule has 0 bridgehead atoms. The lowest BCUT2D eigenvalue weighted by Crippen LogP contribution is -2.50. The molecule has 0 aliphatic carbocycles. The first-order valence-corrected chi connectivity index (χ1v) is 8.47. The molecule has 3 rings (SSSR count). The molecule has 140 valence electrons. The molecule has 2 aromatic carbocycles. The summed E-state index contributed by atoms with van der Waals surface area (Å²) in [7, 11) is 1.56. The molecule has 1 fully saturated rings. The van der Waals surface area contributed by atoms with Gasteiger partial charge in [-0.05, 0) is 30.3 Å². The summed E-state index contributed by atoms with van der Waals surface area (Å²) in [6, 6.07) is 12.7. The quantitative estimate of drug-likeness (QED) is 0.608. The van der Waals surface area contributed by atoms with Gasteiger partial charge in [-0.3, -0.25) is 19.7 Å². The van der Waals surface area contributed by atoms with E-state index in [1.165, 1.54) is 18.2 Å². The van der Waals surface area contributed by atoms with Crippen molar-refractivity contribution in [2.45, 2.75) is 0 Å². The first-order chi connectivity index (χ1) is 13.0. The van der Waals surface area contributed by atoms with Crippen LogP contribution in [0.3, 0.4) is 0 Å². The minimum absolute atomic E-state index is 0.0671. The van der Waals surface area contributed by atoms with Crippen LogP contribution in [-0.4, -0.2) is 59.8 Å². The Bertz CT molecular complexity index is 858. The Morgan fingerprint density at radius 2 is 1.48 bits per heavy atom. The molecule has 0 aromatic heterocycles. The number of para-hydroxylation sites is 1. The maximum atomic E-state index is 12.6. The van der Waals surface area contributed by atoms with Gasteiger partial charge in [-0.2, -0.15) is 0 Å². The van der Waals surface area contributed by atoms with Crippen LogP contribution >= 0.6 is 0 Å². The first kappa shape index (κ1) is 18.4. The van der Waals surface area contributed by atoms with Crippen LogP contribution in [0.25, 0.3) is 0 Å². The van der Waals surface area contributed by atoms with Gasteiger partial charge in [0.2, 0.25) is 0 Å². The number of hydrogen-bond acceptors (Lipinski definition) is 5. The molecule has 0 saturated carbocycles. The van der Waals surface area contributed by atoms with Crippen molar-refractivity contribution in [3.05, 3.63) is 69.8 Å². The molecule has 2 aromatic rings. The van der Waals surface area contributed by atoms with Crippen molar-refractivity contribution in [1.29, 1.82) is 0 Å². The molecule has 1 aliphatic heterocycles. The van der Waals surface area contributed by atoms with E-state index in [0.29, 0.717) is 37.5 Å². The average molecular weight is 369 g/mol. The molecular formula is C19H19N3O5. The standard InChI is InChI=1S/C19H19N3O5/c1-27-15-8-6-14(7-9-15)18(23)20-10-12-21(13-11-20)19(24)16-4-2-3-5-17(16)22(25)26/h2-9H,10-13H2,1H3. The third-order valence-corrected chi connectivity index (χ3v) is 4.52. The molecule has 0 radical (unpaired) electrons. The van der Waals surface area contributed by atoms with Crippen LogP contribution < -0.4 is 4.74 Å². The SMILES string of the molecule is COc1ccc(C(=O)N2CCN(C(=O)c3ccccc3[N+](=O)[O-])CC2)cc1. The van der Waals surface area contributed by atoms with Crippen LogP contribution in [-0.2, 0) is 0 Å². The molecule has 1 saturated heterocycles. The monoisotopic (exact) mass is 369 g/mol. The van der Waals surface area contributed by atoms with Crippen molar-refractivity contribution >= 4 is 17.5 Å². The minimum Gasteiger partial charge on any atom is -0.497 e. The van der Waals surface area contributed by atoms with Gasteiger partial charge in [0.1, 0.15) is 11.3 Å². The van der Waals surface area contributed by atoms with Gasteiger partial charge in [-0.25, -0.2) is 0 Å². The summed E-state index contributed by atoms with van der Waals surface area (Å²) in [6.45, 7) is 1.40. The molecule has 0 unspecified atom stereocenters. The van der Waals surface area contributed by atoms with Crippen LogP contribution in [0.2, 0.25) is 0 Å². The predicted molar refractivity (Wildman–Crippen MR) is 97.9 cm³/mol. The Morgan fingerprint density at radius 1 is 0.926 bits per heavy atom. The van der Waals surface area contributed by atoms with Crippen LogP contribution in [0.1, 0.15) is 20.7 Å². The summed E-state index contributed by atoms with van der Waals surface area (Å²) in [6.07, 6.45) is 0. The normalized spacial score (nSPS) is 14.0. The van der Waals surface area contributed by atoms with E-state index in [0.717, 1.165) is 0 Å². The third kappa shape index (κ3) is 3.89. The van der Waals surface area contributed by atoms with Crippen LogP contribution in [0.5, 0.6) is 5.75 Å². The van der Waals surface area contributed by atoms with Gasteiger partial charge in [-0.1, -0.05) is 12.1 Å². The zero-order valence-corrected chi connectivity index (χ0v) is 14.8. The van der Waals surface area contributed by atoms with Crippen LogP contribution in [0.15, 0.2) is 48.5 Å². The van der Waals surface area contributed by atoms with E-state index >= 15 is 0 Å². The lowest BCUT2D eigenvalue weighted by molar-refractivity contribution is -0.385. The zero-order valence-electron chi connectivity index (χ0n) is 14.8. The summed E-state index contributed by atoms with van der Waals surface area (Å²) in [4.78, 5) is 39.0. The summed E-state index contributed by atoms with van der Waals surface area (Å²) < 4.78 is 5.09. The number of nitro benzene ring substituents is 1. The molecule has 2 amide bonds. The molecular weight excluding hydrogens is 350 g/mol. The van der Waals surface area contributed by atoms with Gasteiger partial charge in [-0.15, -0.1) is 0 Å². The van der Waals surface area contributed by atoms with Gasteiger partial charge < -0.3 is 14.5 Å². The van der Waals surface area contributed by atoms with E-state index < -0.39 is 4.92 Å². The fraction of sp³-hybridized carbons (Fsp3) is 0.263. The first-order valence-electron chi connectivity index (χ1n) is 8.47. The summed E-state index contributed by atoms with van der Waals surface area (Å²) in [5.74, 6) is 0.167. The number of amides is 2. The zero-order chi connectivity index (χ0) is 19.4. The fourth-order valence-corrected chi connectivity index (χ4v) is 3.01. The highest BCUT2D eigenvalue weighted by Crippen LogP contribution is 2.21. The number of nitrogens with zero attached hydrogens (tertiary/aromatic N) is 3. The number of ether oxygens (including phenoxy) is 1. The van der Waals surface area contributed by atoms with Crippen molar-refractivity contribution in [1.82, 2.24) is 9.80 Å². The largest absolute Gasteiger partial charge is 0.497 e. The van der Waals surface area contributed by atoms with E-state index in [2.05, 4.69) is 0 Å². The Morgan fingerprint density at radius 3 is 2.04 bits per heavy atom. The average Bonchev–Trinajstić information content (AvgIpc) is 2.73. The van der Waals surface area contributed by atoms with Crippen molar-refractivity contribution in [2.24, 2.45) is 0 Å². The Hall–Kier alpha value is -3.42. The van der Waals surface area contributed by atoms with Crippen LogP contribution in [0.4, 0.5) is 5.69 Å². The number of nitro groups is 1. The Balaban J connectivity index is 1.65. The fourth-order valence-electron chi connectivity index (χ4n) is 3.01. The number of hydrogen-bond donors (Lipinski definition) is 0. The van der Waals surface area contributed by atoms with Gasteiger partial charge in [0, 0.05) is 37.8 Å². The number of rotatable bonds is 4. The lowest BCUT2D eigenvalue weighted by Gasteiger charge is -2.34. The maximum absolute atomic E-state index is 12.6. The molecule has 0 N–H and O–H groups in total. The summed E-state index contributed by atoms with van der Waals surface area (Å²) in [5.41, 5.74) is 0.408. The van der Waals surface area contributed by atoms with Crippen molar-refractivity contribution in [3.63, 3.8) is 0 Å². The van der Waals surface area contributed by atoms with E-state index in [4.69, 9.17) is 4.74 Å². The Labute approximate surface area is 156 Å². The van der Waals surface area contributed by atoms with Crippen LogP contribution in [0, 0.1) is 10.1 Å². The number of piperazine rings is 1. The maximum Gasteiger partial charge on any atom is 0.282 e. The molecule has 1 aliphatic rings. The lowest BCUT2D eigenvalue weighted by atomic mass is 10.1. The highest BCUT2D eigenvalue weighted by atomic mass is 16.6. The highest BCUT2D eigenvalue weighted by molar-refractivity contribution is 5.98. The highest BCUT2D eigenvalue weighted by Gasteiger charge is 2.28. The predicted octanol–water partition coefficient (Wildman–Crippen LogP) is 2.20. The summed E-state index contributed by atoms with van der Waals surface area (Å²) in [5, 5.41) is 11.1. The van der Waals surface area contributed by atoms with Gasteiger partial charge in [0.25, 0.3) is 17.5 Å². The van der Waals surface area contributed by atoms with E-state index in [9.17, 15) is 19.7 Å². The van der Waals surface area contributed by atoms with Crippen molar-refractivity contribution < 1.29 is 19.2 Å². The topological polar surface area (TPSA) is 93.0 Å². The summed E-state index contributed by atoms with van der Waals surface area (Å²) >= 11 is 0. The van der Waals surface area contributed by atoms with E-state index in [-0.39, 0.29) is 23.1 Å². The second-order valence-electron chi connectivity index (χ2n) is 6.09. The number of carbonyl (C=O) groups excluding carboxylic acids is 2. The second kappa shape index (κ2) is 7.86. The molecule has 8 heteroatoms. The Kier molecular flexibility index (Phi) is 5.35. The van der Waals surface area contributed by atoms with Crippen molar-refractivity contribution in [3.8, 4) is 5.75 Å². The smallest absolute Gasteiger partial charge is 0.282 e. The number of carbonyl (C=O) groups is 2. The van der Waals surface area contributed by atoms with Gasteiger partial charge in [0.05, 0.1) is 12.0 Å². The molecule has 27 heavy (non-hydrogen) atoms. The molecule has 0 spiro atoms. The number of benzene rings is 2. The van der Waals surface area contributed by atoms with Gasteiger partial charge in [0.15, 0.2) is 0 Å². The molecule has 0 atom stereocenters. The molecule has 1 heterocycles. The third-order valence-electron chi connectivity index (χ3n) is 4.52.